The minimum Gasteiger partial charge on any atom is -0.466 e. The van der Waals surface area contributed by atoms with E-state index in [2.05, 4.69) is 12.2 Å². The van der Waals surface area contributed by atoms with E-state index in [1.54, 1.807) is 31.2 Å². The fourth-order valence-corrected chi connectivity index (χ4v) is 3.03. The first-order valence-corrected chi connectivity index (χ1v) is 10.6. The van der Waals surface area contributed by atoms with E-state index in [9.17, 15) is 14.4 Å². The molecule has 0 saturated carbocycles. The molecule has 0 aliphatic carbocycles. The Balaban J connectivity index is 2.57. The molecule has 28 heavy (non-hydrogen) atoms. The minimum atomic E-state index is -0.873. The van der Waals surface area contributed by atoms with Crippen LogP contribution in [0.5, 0.6) is 0 Å². The summed E-state index contributed by atoms with van der Waals surface area (Å²) in [6.45, 7) is 4.13. The monoisotopic (exact) mass is 409 g/mol. The number of nitrogens with one attached hydrogen (secondary N) is 1. The molecule has 1 aromatic carbocycles. The molecule has 0 aromatic heterocycles. The summed E-state index contributed by atoms with van der Waals surface area (Å²) < 4.78 is 4.95. The number of benzene rings is 1. The van der Waals surface area contributed by atoms with Gasteiger partial charge in [0.05, 0.1) is 19.1 Å². The molecular weight excluding hydrogens is 378 g/mol. The second-order valence-electron chi connectivity index (χ2n) is 6.88. The predicted octanol–water partition coefficient (Wildman–Crippen LogP) is 5.10. The van der Waals surface area contributed by atoms with Crippen molar-refractivity contribution in [2.24, 2.45) is 0 Å². The second kappa shape index (κ2) is 14.2. The Morgan fingerprint density at radius 3 is 2.18 bits per heavy atom. The summed E-state index contributed by atoms with van der Waals surface area (Å²) in [6.07, 6.45) is 7.91. The number of hydrogen-bond acceptors (Lipinski definition) is 4. The van der Waals surface area contributed by atoms with Crippen LogP contribution in [-0.4, -0.2) is 30.3 Å². The summed E-state index contributed by atoms with van der Waals surface area (Å²) in [5.41, 5.74) is 0.391. The maximum atomic E-state index is 12.6. The van der Waals surface area contributed by atoms with Crippen molar-refractivity contribution in [2.45, 2.75) is 77.7 Å². The first kappa shape index (κ1) is 24.2. The molecule has 1 N–H and O–H groups in total. The highest BCUT2D eigenvalue weighted by Crippen LogP contribution is 2.12. The molecule has 0 aliphatic rings. The van der Waals surface area contributed by atoms with E-state index in [0.717, 1.165) is 19.3 Å². The van der Waals surface area contributed by atoms with E-state index in [0.29, 0.717) is 17.0 Å². The average Bonchev–Trinajstić information content (AvgIpc) is 2.67. The van der Waals surface area contributed by atoms with Crippen molar-refractivity contribution in [1.82, 2.24) is 5.32 Å². The lowest BCUT2D eigenvalue weighted by atomic mass is 10.0. The molecule has 1 aromatic rings. The van der Waals surface area contributed by atoms with Crippen LogP contribution in [0.15, 0.2) is 24.3 Å². The van der Waals surface area contributed by atoms with Crippen LogP contribution in [0.3, 0.4) is 0 Å². The van der Waals surface area contributed by atoms with Crippen molar-refractivity contribution in [1.29, 1.82) is 0 Å². The number of carbonyl (C=O) groups is 3. The van der Waals surface area contributed by atoms with Crippen LogP contribution in [0, 0.1) is 0 Å². The van der Waals surface area contributed by atoms with Gasteiger partial charge < -0.3 is 10.1 Å². The first-order chi connectivity index (χ1) is 13.5. The maximum absolute atomic E-state index is 12.6. The Morgan fingerprint density at radius 1 is 0.964 bits per heavy atom. The first-order valence-electron chi connectivity index (χ1n) is 10.2. The van der Waals surface area contributed by atoms with Crippen molar-refractivity contribution < 1.29 is 19.1 Å². The van der Waals surface area contributed by atoms with Gasteiger partial charge in [0, 0.05) is 17.0 Å². The number of unbranched alkanes of at least 4 members (excludes halogenated alkanes) is 6. The van der Waals surface area contributed by atoms with Gasteiger partial charge in [0.1, 0.15) is 0 Å². The molecule has 0 radical (unpaired) electrons. The summed E-state index contributed by atoms with van der Waals surface area (Å²) in [5.74, 6) is -1.03. The van der Waals surface area contributed by atoms with E-state index in [4.69, 9.17) is 16.3 Å². The van der Waals surface area contributed by atoms with E-state index >= 15 is 0 Å². The lowest BCUT2D eigenvalue weighted by Gasteiger charge is -2.17. The fourth-order valence-electron chi connectivity index (χ4n) is 2.91. The molecule has 1 atom stereocenters. The molecule has 6 heteroatoms. The maximum Gasteiger partial charge on any atom is 0.308 e. The Hall–Kier alpha value is -1.88. The topological polar surface area (TPSA) is 72.5 Å². The van der Waals surface area contributed by atoms with Crippen LogP contribution in [-0.2, 0) is 14.3 Å². The number of esters is 1. The Bertz CT molecular complexity index is 615. The van der Waals surface area contributed by atoms with Gasteiger partial charge in [-0.05, 0) is 37.6 Å². The Labute approximate surface area is 173 Å². The smallest absolute Gasteiger partial charge is 0.308 e. The van der Waals surface area contributed by atoms with Crippen molar-refractivity contribution in [3.05, 3.63) is 34.9 Å². The van der Waals surface area contributed by atoms with Gasteiger partial charge in [-0.2, -0.15) is 0 Å². The van der Waals surface area contributed by atoms with E-state index in [-0.39, 0.29) is 18.8 Å². The van der Waals surface area contributed by atoms with Crippen LogP contribution in [0.1, 0.15) is 82.0 Å². The van der Waals surface area contributed by atoms with Crippen molar-refractivity contribution in [3.63, 3.8) is 0 Å². The third kappa shape index (κ3) is 9.88. The fraction of sp³-hybridized carbons (Fsp3) is 0.591. The molecule has 0 aliphatic heterocycles. The lowest BCUT2D eigenvalue weighted by molar-refractivity contribution is -0.145. The van der Waals surface area contributed by atoms with Gasteiger partial charge >= 0.3 is 5.97 Å². The summed E-state index contributed by atoms with van der Waals surface area (Å²) >= 11 is 5.84. The predicted molar refractivity (Wildman–Crippen MR) is 112 cm³/mol. The van der Waals surface area contributed by atoms with Gasteiger partial charge in [-0.3, -0.25) is 14.4 Å². The van der Waals surface area contributed by atoms with Gasteiger partial charge in [0.2, 0.25) is 0 Å². The molecule has 1 amide bonds. The van der Waals surface area contributed by atoms with Crippen molar-refractivity contribution in [3.8, 4) is 0 Å². The van der Waals surface area contributed by atoms with Crippen LogP contribution in [0.2, 0.25) is 5.02 Å². The Morgan fingerprint density at radius 2 is 1.57 bits per heavy atom. The summed E-state index contributed by atoms with van der Waals surface area (Å²) in [5, 5.41) is 3.20. The van der Waals surface area contributed by atoms with Crippen LogP contribution >= 0.6 is 11.6 Å². The lowest BCUT2D eigenvalue weighted by Crippen LogP contribution is -2.42. The number of hydrogen-bond donors (Lipinski definition) is 1. The number of ketones is 1. The molecule has 1 rings (SSSR count). The standard InChI is InChI=1S/C22H32ClNO4/c1-3-5-6-7-8-9-10-11-20(25)19(16-21(26)28-4-2)24-22(27)17-12-14-18(23)15-13-17/h12-15,19H,3-11,16H2,1-2H3,(H,24,27). The molecule has 156 valence electrons. The zero-order chi connectivity index (χ0) is 20.8. The molecule has 0 bridgehead atoms. The van der Waals surface area contributed by atoms with Gasteiger partial charge in [0.25, 0.3) is 5.91 Å². The number of ether oxygens (including phenoxy) is 1. The molecule has 0 spiro atoms. The quantitative estimate of drug-likeness (QED) is 0.342. The molecule has 0 heterocycles. The SMILES string of the molecule is CCCCCCCCCC(=O)C(CC(=O)OCC)NC(=O)c1ccc(Cl)cc1. The minimum absolute atomic E-state index is 0.135. The second-order valence-corrected chi connectivity index (χ2v) is 7.32. The molecule has 1 unspecified atom stereocenters. The van der Waals surface area contributed by atoms with Gasteiger partial charge in [0.15, 0.2) is 5.78 Å². The number of carbonyl (C=O) groups excluding carboxylic acids is 3. The molecule has 0 saturated heterocycles. The highest BCUT2D eigenvalue weighted by Gasteiger charge is 2.24. The summed E-state index contributed by atoms with van der Waals surface area (Å²) in [6, 6.07) is 5.51. The van der Waals surface area contributed by atoms with Crippen molar-refractivity contribution in [2.75, 3.05) is 6.61 Å². The highest BCUT2D eigenvalue weighted by molar-refractivity contribution is 6.30. The zero-order valence-electron chi connectivity index (χ0n) is 17.0. The van der Waals surface area contributed by atoms with E-state index < -0.39 is 17.9 Å². The summed E-state index contributed by atoms with van der Waals surface area (Å²) in [4.78, 5) is 36.9. The van der Waals surface area contributed by atoms with Crippen molar-refractivity contribution >= 4 is 29.3 Å². The molecular formula is C22H32ClNO4. The number of halogens is 1. The van der Waals surface area contributed by atoms with Gasteiger partial charge in [-0.25, -0.2) is 0 Å². The van der Waals surface area contributed by atoms with Crippen LogP contribution in [0.25, 0.3) is 0 Å². The highest BCUT2D eigenvalue weighted by atomic mass is 35.5. The third-order valence-electron chi connectivity index (χ3n) is 4.50. The largest absolute Gasteiger partial charge is 0.466 e. The van der Waals surface area contributed by atoms with Crippen LogP contribution < -0.4 is 5.32 Å². The summed E-state index contributed by atoms with van der Waals surface area (Å²) in [7, 11) is 0. The normalized spacial score (nSPS) is 11.7. The van der Waals surface area contributed by atoms with E-state index in [1.165, 1.54) is 25.7 Å². The van der Waals surface area contributed by atoms with Gasteiger partial charge in [-0.15, -0.1) is 0 Å². The molecule has 5 nitrogen and oxygen atoms in total. The zero-order valence-corrected chi connectivity index (χ0v) is 17.7. The van der Waals surface area contributed by atoms with Gasteiger partial charge in [-0.1, -0.05) is 57.0 Å². The van der Waals surface area contributed by atoms with Crippen LogP contribution in [0.4, 0.5) is 0 Å². The number of amides is 1. The molecule has 0 fully saturated rings. The third-order valence-corrected chi connectivity index (χ3v) is 4.76. The average molecular weight is 410 g/mol. The number of rotatable bonds is 14. The Kier molecular flexibility index (Phi) is 12.2. The number of Topliss-reactive ketones (excluding diaryl/α,β-unsaturated/α-hetero) is 1. The van der Waals surface area contributed by atoms with E-state index in [1.807, 2.05) is 0 Å².